The van der Waals surface area contributed by atoms with Gasteiger partial charge in [-0.25, -0.2) is 4.39 Å². The zero-order chi connectivity index (χ0) is 22.1. The Kier molecular flexibility index (Phi) is 6.06. The summed E-state index contributed by atoms with van der Waals surface area (Å²) in [6.07, 6.45) is -9.68. The van der Waals surface area contributed by atoms with Crippen LogP contribution in [0.3, 0.4) is 0 Å². The summed E-state index contributed by atoms with van der Waals surface area (Å²) in [5.74, 6) is -0.392. The lowest BCUT2D eigenvalue weighted by Crippen LogP contribution is -2.52. The second-order valence-electron chi connectivity index (χ2n) is 6.80. The predicted octanol–water partition coefficient (Wildman–Crippen LogP) is 3.45. The molecule has 1 aromatic heterocycles. The second-order valence-corrected chi connectivity index (χ2v) is 6.80. The number of aromatic nitrogens is 2. The Labute approximate surface area is 166 Å². The summed E-state index contributed by atoms with van der Waals surface area (Å²) in [6, 6.07) is 4.62. The van der Waals surface area contributed by atoms with Crippen molar-refractivity contribution in [2.45, 2.75) is 24.9 Å². The summed E-state index contributed by atoms with van der Waals surface area (Å²) in [4.78, 5) is 15.0. The van der Waals surface area contributed by atoms with Gasteiger partial charge in [0.1, 0.15) is 17.8 Å². The van der Waals surface area contributed by atoms with Crippen LogP contribution in [0.2, 0.25) is 0 Å². The van der Waals surface area contributed by atoms with Crippen LogP contribution in [0.1, 0.15) is 11.4 Å². The van der Waals surface area contributed by atoms with Crippen molar-refractivity contribution in [1.82, 2.24) is 14.7 Å². The maximum Gasteiger partial charge on any atom is 0.435 e. The number of piperazine rings is 1. The highest BCUT2D eigenvalue weighted by molar-refractivity contribution is 5.57. The number of alkyl halides is 6. The highest BCUT2D eigenvalue weighted by Gasteiger charge is 2.42. The topological polar surface area (TPSA) is 41.4 Å². The molecule has 0 aliphatic carbocycles. The number of nitrogens with zero attached hydrogens (tertiary/aromatic N) is 4. The average molecular weight is 438 g/mol. The number of halogens is 7. The summed E-state index contributed by atoms with van der Waals surface area (Å²) >= 11 is 0. The van der Waals surface area contributed by atoms with Crippen molar-refractivity contribution in [2.24, 2.45) is 0 Å². The van der Waals surface area contributed by atoms with Crippen molar-refractivity contribution in [1.29, 1.82) is 0 Å². The fourth-order valence-electron chi connectivity index (χ4n) is 3.31. The first-order valence-electron chi connectivity index (χ1n) is 8.91. The van der Waals surface area contributed by atoms with E-state index >= 15 is 0 Å². The highest BCUT2D eigenvalue weighted by atomic mass is 19.4. The maximum atomic E-state index is 13.2. The van der Waals surface area contributed by atoms with Crippen LogP contribution in [0, 0.1) is 5.82 Å². The number of benzene rings is 1. The van der Waals surface area contributed by atoms with Gasteiger partial charge in [0.2, 0.25) is 0 Å². The molecule has 1 unspecified atom stereocenters. The van der Waals surface area contributed by atoms with Crippen molar-refractivity contribution in [3.8, 4) is 0 Å². The number of carbonyl (C=O) groups is 1. The first kappa shape index (κ1) is 22.1. The number of rotatable bonds is 5. The van der Waals surface area contributed by atoms with Crippen molar-refractivity contribution in [2.75, 3.05) is 31.1 Å². The lowest BCUT2D eigenvalue weighted by atomic mass is 10.2. The normalized spacial score (nSPS) is 17.2. The molecule has 1 aromatic carbocycles. The predicted molar refractivity (Wildman–Crippen MR) is 92.3 cm³/mol. The Morgan fingerprint density at radius 1 is 0.967 bits per heavy atom. The summed E-state index contributed by atoms with van der Waals surface area (Å²) in [5, 5.41) is 3.04. The Morgan fingerprint density at radius 3 is 2.07 bits per heavy atom. The van der Waals surface area contributed by atoms with E-state index in [-0.39, 0.29) is 23.8 Å². The van der Waals surface area contributed by atoms with E-state index in [1.54, 1.807) is 17.0 Å². The molecule has 30 heavy (non-hydrogen) atoms. The molecule has 3 rings (SSSR count). The van der Waals surface area contributed by atoms with Gasteiger partial charge < -0.3 is 9.69 Å². The summed E-state index contributed by atoms with van der Waals surface area (Å²) in [7, 11) is 0. The molecular weight excluding hydrogens is 421 g/mol. The van der Waals surface area contributed by atoms with E-state index in [0.29, 0.717) is 19.4 Å². The Bertz CT molecular complexity index is 868. The average Bonchev–Trinajstić information content (AvgIpc) is 3.12. The number of aldehydes is 1. The molecule has 12 heteroatoms. The van der Waals surface area contributed by atoms with E-state index in [1.165, 1.54) is 12.1 Å². The van der Waals surface area contributed by atoms with Gasteiger partial charge in [0.05, 0.1) is 12.6 Å². The zero-order valence-electron chi connectivity index (χ0n) is 15.4. The van der Waals surface area contributed by atoms with Crippen molar-refractivity contribution in [3.05, 3.63) is 47.5 Å². The van der Waals surface area contributed by atoms with Gasteiger partial charge >= 0.3 is 12.4 Å². The van der Waals surface area contributed by atoms with Gasteiger partial charge in [-0.05, 0) is 24.3 Å². The summed E-state index contributed by atoms with van der Waals surface area (Å²) in [6.45, 7) is 0.736. The molecule has 1 atom stereocenters. The monoisotopic (exact) mass is 438 g/mol. The van der Waals surface area contributed by atoms with E-state index in [0.717, 1.165) is 5.69 Å². The summed E-state index contributed by atoms with van der Waals surface area (Å²) in [5.41, 5.74) is -2.48. The quantitative estimate of drug-likeness (QED) is 0.530. The van der Waals surface area contributed by atoms with Gasteiger partial charge in [-0.2, -0.15) is 31.4 Å². The molecule has 2 heterocycles. The molecular formula is C18H17F7N4O. The van der Waals surface area contributed by atoms with E-state index in [9.17, 15) is 35.5 Å². The van der Waals surface area contributed by atoms with Crippen molar-refractivity contribution >= 4 is 12.0 Å². The van der Waals surface area contributed by atoms with E-state index in [4.69, 9.17) is 0 Å². The van der Waals surface area contributed by atoms with E-state index < -0.39 is 42.1 Å². The lowest BCUT2D eigenvalue weighted by Gasteiger charge is -2.38. The van der Waals surface area contributed by atoms with Crippen LogP contribution in [0.4, 0.5) is 36.4 Å². The lowest BCUT2D eigenvalue weighted by molar-refractivity contribution is -0.145. The smallest absolute Gasteiger partial charge is 0.369 e. The van der Waals surface area contributed by atoms with Gasteiger partial charge in [0, 0.05) is 37.9 Å². The van der Waals surface area contributed by atoms with Crippen LogP contribution in [0.25, 0.3) is 0 Å². The molecule has 0 amide bonds. The SMILES string of the molecule is O=CC(Cn1nc(C(F)(F)F)cc1C(F)(F)F)N1CCN(c2ccc(F)cc2)CC1. The maximum absolute atomic E-state index is 13.2. The Morgan fingerprint density at radius 2 is 1.57 bits per heavy atom. The Hall–Kier alpha value is -2.63. The number of hydrogen-bond donors (Lipinski definition) is 0. The minimum Gasteiger partial charge on any atom is -0.369 e. The van der Waals surface area contributed by atoms with Crippen LogP contribution >= 0.6 is 0 Å². The molecule has 1 saturated heterocycles. The number of carbonyl (C=O) groups excluding carboxylic acids is 1. The number of anilines is 1. The molecule has 2 aromatic rings. The molecule has 0 N–H and O–H groups in total. The third-order valence-electron chi connectivity index (χ3n) is 4.85. The van der Waals surface area contributed by atoms with Crippen LogP contribution in [0.5, 0.6) is 0 Å². The van der Waals surface area contributed by atoms with Crippen molar-refractivity contribution in [3.63, 3.8) is 0 Å². The minimum atomic E-state index is -5.05. The zero-order valence-corrected chi connectivity index (χ0v) is 15.4. The van der Waals surface area contributed by atoms with Crippen LogP contribution in [-0.2, 0) is 23.7 Å². The fourth-order valence-corrected chi connectivity index (χ4v) is 3.31. The first-order valence-corrected chi connectivity index (χ1v) is 8.91. The van der Waals surface area contributed by atoms with Crippen LogP contribution < -0.4 is 4.90 Å². The molecule has 1 aliphatic heterocycles. The van der Waals surface area contributed by atoms with E-state index in [2.05, 4.69) is 5.10 Å². The molecule has 0 bridgehead atoms. The minimum absolute atomic E-state index is 0.0612. The third-order valence-corrected chi connectivity index (χ3v) is 4.85. The standard InChI is InChI=1S/C18H17F7N4O/c19-12-1-3-13(4-2-12)27-5-7-28(8-6-27)14(11-30)10-29-16(18(23,24)25)9-15(26-29)17(20,21)22/h1-4,9,11,14H,5-8,10H2. The second kappa shape index (κ2) is 8.25. The molecule has 1 aliphatic rings. The van der Waals surface area contributed by atoms with Crippen LogP contribution in [0.15, 0.2) is 30.3 Å². The van der Waals surface area contributed by atoms with Crippen molar-refractivity contribution < 1.29 is 35.5 Å². The van der Waals surface area contributed by atoms with Gasteiger partial charge in [-0.1, -0.05) is 0 Å². The molecule has 164 valence electrons. The fraction of sp³-hybridized carbons (Fsp3) is 0.444. The first-order chi connectivity index (χ1) is 14.0. The third kappa shape index (κ3) is 4.91. The largest absolute Gasteiger partial charge is 0.435 e. The van der Waals surface area contributed by atoms with Gasteiger partial charge in [-0.3, -0.25) is 9.58 Å². The van der Waals surface area contributed by atoms with Gasteiger partial charge in [0.25, 0.3) is 0 Å². The van der Waals surface area contributed by atoms with E-state index in [1.807, 2.05) is 4.90 Å². The van der Waals surface area contributed by atoms with Gasteiger partial charge in [-0.15, -0.1) is 0 Å². The number of hydrogen-bond acceptors (Lipinski definition) is 4. The molecule has 0 radical (unpaired) electrons. The Balaban J connectivity index is 1.72. The molecule has 5 nitrogen and oxygen atoms in total. The summed E-state index contributed by atoms with van der Waals surface area (Å²) < 4.78 is 91.1. The molecule has 1 fully saturated rings. The molecule has 0 saturated carbocycles. The highest BCUT2D eigenvalue weighted by Crippen LogP contribution is 2.35. The molecule has 0 spiro atoms. The van der Waals surface area contributed by atoms with Crippen LogP contribution in [-0.4, -0.2) is 53.2 Å². The van der Waals surface area contributed by atoms with Gasteiger partial charge in [0.15, 0.2) is 5.69 Å².